The van der Waals surface area contributed by atoms with E-state index in [1.165, 1.54) is 0 Å². The van der Waals surface area contributed by atoms with Crippen LogP contribution < -0.4 is 10.6 Å². The maximum atomic E-state index is 13.3. The predicted molar refractivity (Wildman–Crippen MR) is 135 cm³/mol. The standard InChI is InChI=1S/C28H27N5O2/c1-18(22-11-9-21(15-29)10-12-22)16-31-27(23-7-5-4-6-8-23)28(34)32-25-14-13-24(17-30-25)26-19(2)33-35-20(26)3/h4-14,17-18,27,31H,16H2,1-3H3,(H,30,32,34)/t18-,27+/m0/s1. The van der Waals surface area contributed by atoms with E-state index in [0.717, 1.165) is 33.7 Å². The van der Waals surface area contributed by atoms with Gasteiger partial charge < -0.3 is 15.2 Å². The van der Waals surface area contributed by atoms with Crippen LogP contribution in [-0.2, 0) is 4.79 Å². The molecule has 0 spiro atoms. The Morgan fingerprint density at radius 3 is 2.37 bits per heavy atom. The highest BCUT2D eigenvalue weighted by atomic mass is 16.5. The molecule has 0 saturated carbocycles. The van der Waals surface area contributed by atoms with Gasteiger partial charge in [-0.2, -0.15) is 5.26 Å². The molecule has 0 saturated heterocycles. The van der Waals surface area contributed by atoms with Crippen LogP contribution in [0.5, 0.6) is 0 Å². The Kier molecular flexibility index (Phi) is 7.34. The van der Waals surface area contributed by atoms with Crippen molar-refractivity contribution in [1.82, 2.24) is 15.5 Å². The summed E-state index contributed by atoms with van der Waals surface area (Å²) in [4.78, 5) is 17.7. The number of hydrogen-bond acceptors (Lipinski definition) is 6. The topological polar surface area (TPSA) is 104 Å². The number of nitrogens with zero attached hydrogens (tertiary/aromatic N) is 3. The first kappa shape index (κ1) is 23.9. The smallest absolute Gasteiger partial charge is 0.247 e. The number of aromatic nitrogens is 2. The fourth-order valence-electron chi connectivity index (χ4n) is 4.02. The van der Waals surface area contributed by atoms with Crippen molar-refractivity contribution in [3.63, 3.8) is 0 Å². The fourth-order valence-corrected chi connectivity index (χ4v) is 4.02. The largest absolute Gasteiger partial charge is 0.361 e. The average Bonchev–Trinajstić information content (AvgIpc) is 3.23. The number of anilines is 1. The van der Waals surface area contributed by atoms with Crippen molar-refractivity contribution in [3.05, 3.63) is 101 Å². The maximum absolute atomic E-state index is 13.3. The van der Waals surface area contributed by atoms with Crippen LogP contribution >= 0.6 is 0 Å². The van der Waals surface area contributed by atoms with Crippen LogP contribution in [0.1, 0.15) is 47.0 Å². The molecule has 7 nitrogen and oxygen atoms in total. The van der Waals surface area contributed by atoms with Crippen LogP contribution in [-0.4, -0.2) is 22.6 Å². The van der Waals surface area contributed by atoms with Crippen LogP contribution in [0.15, 0.2) is 77.4 Å². The van der Waals surface area contributed by atoms with Gasteiger partial charge in [-0.1, -0.05) is 54.5 Å². The van der Waals surface area contributed by atoms with E-state index < -0.39 is 6.04 Å². The molecule has 2 aromatic heterocycles. The van der Waals surface area contributed by atoms with Gasteiger partial charge in [-0.05, 0) is 55.2 Å². The third-order valence-corrected chi connectivity index (χ3v) is 5.97. The Hall–Kier alpha value is -4.28. The zero-order chi connectivity index (χ0) is 24.8. The Morgan fingerprint density at radius 2 is 1.77 bits per heavy atom. The van der Waals surface area contributed by atoms with E-state index in [2.05, 4.69) is 33.8 Å². The Balaban J connectivity index is 1.47. The van der Waals surface area contributed by atoms with Crippen molar-refractivity contribution in [3.8, 4) is 17.2 Å². The predicted octanol–water partition coefficient (Wildman–Crippen LogP) is 5.30. The Bertz CT molecular complexity index is 1300. The average molecular weight is 466 g/mol. The molecule has 0 aliphatic carbocycles. The molecule has 0 radical (unpaired) electrons. The quantitative estimate of drug-likeness (QED) is 0.366. The Labute approximate surface area is 204 Å². The molecule has 0 bridgehead atoms. The number of rotatable bonds is 8. The number of amides is 1. The summed E-state index contributed by atoms with van der Waals surface area (Å²) < 4.78 is 5.24. The highest BCUT2D eigenvalue weighted by molar-refractivity contribution is 5.95. The fraction of sp³-hybridized carbons (Fsp3) is 0.214. The third-order valence-electron chi connectivity index (χ3n) is 5.97. The number of aryl methyl sites for hydroxylation is 2. The van der Waals surface area contributed by atoms with Gasteiger partial charge in [-0.25, -0.2) is 4.98 Å². The summed E-state index contributed by atoms with van der Waals surface area (Å²) in [6.45, 7) is 6.41. The summed E-state index contributed by atoms with van der Waals surface area (Å²) >= 11 is 0. The molecule has 7 heteroatoms. The maximum Gasteiger partial charge on any atom is 0.247 e. The highest BCUT2D eigenvalue weighted by Crippen LogP contribution is 2.27. The zero-order valence-electron chi connectivity index (χ0n) is 19.9. The molecule has 0 aliphatic heterocycles. The van der Waals surface area contributed by atoms with Gasteiger partial charge in [0, 0.05) is 23.9 Å². The monoisotopic (exact) mass is 465 g/mol. The first-order valence-corrected chi connectivity index (χ1v) is 11.4. The molecule has 4 rings (SSSR count). The molecule has 0 fully saturated rings. The summed E-state index contributed by atoms with van der Waals surface area (Å²) in [7, 11) is 0. The highest BCUT2D eigenvalue weighted by Gasteiger charge is 2.22. The lowest BCUT2D eigenvalue weighted by Gasteiger charge is -2.21. The second-order valence-corrected chi connectivity index (χ2v) is 8.51. The summed E-state index contributed by atoms with van der Waals surface area (Å²) in [5.74, 6) is 1.15. The van der Waals surface area contributed by atoms with Crippen LogP contribution in [0, 0.1) is 25.2 Å². The lowest BCUT2D eigenvalue weighted by molar-refractivity contribution is -0.118. The number of pyridine rings is 1. The van der Waals surface area contributed by atoms with Crippen molar-refractivity contribution in [2.75, 3.05) is 11.9 Å². The molecule has 2 aromatic carbocycles. The number of carbonyl (C=O) groups excluding carboxylic acids is 1. The minimum absolute atomic E-state index is 0.147. The van der Waals surface area contributed by atoms with Gasteiger partial charge in [0.1, 0.15) is 17.6 Å². The molecule has 1 amide bonds. The van der Waals surface area contributed by atoms with Crippen LogP contribution in [0.4, 0.5) is 5.82 Å². The van der Waals surface area contributed by atoms with Crippen LogP contribution in [0.2, 0.25) is 0 Å². The van der Waals surface area contributed by atoms with E-state index in [-0.39, 0.29) is 11.8 Å². The number of carbonyl (C=O) groups is 1. The van der Waals surface area contributed by atoms with Gasteiger partial charge in [0.15, 0.2) is 0 Å². The van der Waals surface area contributed by atoms with Crippen molar-refractivity contribution >= 4 is 11.7 Å². The van der Waals surface area contributed by atoms with E-state index in [1.807, 2.05) is 74.5 Å². The van der Waals surface area contributed by atoms with E-state index in [0.29, 0.717) is 17.9 Å². The first-order chi connectivity index (χ1) is 17.0. The summed E-state index contributed by atoms with van der Waals surface area (Å²) in [5.41, 5.74) is 5.18. The first-order valence-electron chi connectivity index (χ1n) is 11.4. The normalized spacial score (nSPS) is 12.5. The SMILES string of the molecule is Cc1noc(C)c1-c1ccc(NC(=O)[C@H](NC[C@H](C)c2ccc(C#N)cc2)c2ccccc2)nc1. The molecule has 0 aliphatic rings. The lowest BCUT2D eigenvalue weighted by atomic mass is 9.98. The molecule has 2 atom stereocenters. The van der Waals surface area contributed by atoms with Gasteiger partial charge in [0.2, 0.25) is 5.91 Å². The van der Waals surface area contributed by atoms with Gasteiger partial charge in [0.25, 0.3) is 0 Å². The van der Waals surface area contributed by atoms with Crippen LogP contribution in [0.25, 0.3) is 11.1 Å². The molecule has 0 unspecified atom stereocenters. The second kappa shape index (κ2) is 10.8. The zero-order valence-corrected chi connectivity index (χ0v) is 19.9. The second-order valence-electron chi connectivity index (χ2n) is 8.51. The molecule has 35 heavy (non-hydrogen) atoms. The van der Waals surface area contributed by atoms with Gasteiger partial charge in [0.05, 0.1) is 17.3 Å². The van der Waals surface area contributed by atoms with Crippen LogP contribution in [0.3, 0.4) is 0 Å². The van der Waals surface area contributed by atoms with Gasteiger partial charge >= 0.3 is 0 Å². The number of nitrogens with one attached hydrogen (secondary N) is 2. The van der Waals surface area contributed by atoms with E-state index in [1.54, 1.807) is 12.3 Å². The molecular formula is C28H27N5O2. The Morgan fingerprint density at radius 1 is 1.03 bits per heavy atom. The number of hydrogen-bond donors (Lipinski definition) is 2. The van der Waals surface area contributed by atoms with Crippen molar-refractivity contribution in [2.24, 2.45) is 0 Å². The van der Waals surface area contributed by atoms with Crippen molar-refractivity contribution in [2.45, 2.75) is 32.7 Å². The minimum atomic E-state index is -0.555. The van der Waals surface area contributed by atoms with Gasteiger partial charge in [-0.15, -0.1) is 0 Å². The van der Waals surface area contributed by atoms with E-state index in [4.69, 9.17) is 9.78 Å². The van der Waals surface area contributed by atoms with E-state index in [9.17, 15) is 4.79 Å². The third kappa shape index (κ3) is 5.62. The molecule has 176 valence electrons. The molecular weight excluding hydrogens is 438 g/mol. The molecule has 4 aromatic rings. The minimum Gasteiger partial charge on any atom is -0.361 e. The van der Waals surface area contributed by atoms with E-state index >= 15 is 0 Å². The molecule has 2 N–H and O–H groups in total. The summed E-state index contributed by atoms with van der Waals surface area (Å²) in [5, 5.41) is 19.3. The van der Waals surface area contributed by atoms with Crippen molar-refractivity contribution < 1.29 is 9.32 Å². The summed E-state index contributed by atoms with van der Waals surface area (Å²) in [6.07, 6.45) is 1.71. The lowest BCUT2D eigenvalue weighted by Crippen LogP contribution is -2.35. The number of nitriles is 1. The molecule has 2 heterocycles. The van der Waals surface area contributed by atoms with Gasteiger partial charge in [-0.3, -0.25) is 4.79 Å². The number of benzene rings is 2. The summed E-state index contributed by atoms with van der Waals surface area (Å²) in [6, 6.07) is 22.4. The van der Waals surface area contributed by atoms with Crippen molar-refractivity contribution in [1.29, 1.82) is 5.26 Å².